The number of hydrogen-bond acceptors (Lipinski definition) is 4. The van der Waals surface area contributed by atoms with Crippen LogP contribution in [0.5, 0.6) is 0 Å². The Kier molecular flexibility index (Phi) is 8.12. The van der Waals surface area contributed by atoms with Gasteiger partial charge in [-0.05, 0) is 31.9 Å². The Hall–Kier alpha value is -1.39. The molecule has 0 aromatic heterocycles. The lowest BCUT2D eigenvalue weighted by Gasteiger charge is -2.34. The predicted molar refractivity (Wildman–Crippen MR) is 93.3 cm³/mol. The van der Waals surface area contributed by atoms with E-state index in [1.54, 1.807) is 0 Å². The standard InChI is InChI=1S/C19H30N2O2/c1-2-23-19(22)11-7-4-8-12-20-13-15-21(16-14-20)17-18-9-5-3-6-10-18/h3,5-6,9-10H,2,4,7-8,11-17H2,1H3. The zero-order valence-corrected chi connectivity index (χ0v) is 14.4. The van der Waals surface area contributed by atoms with Gasteiger partial charge in [0.15, 0.2) is 0 Å². The molecule has 128 valence electrons. The molecule has 1 aromatic rings. The van der Waals surface area contributed by atoms with Gasteiger partial charge in [0.05, 0.1) is 6.61 Å². The topological polar surface area (TPSA) is 32.8 Å². The summed E-state index contributed by atoms with van der Waals surface area (Å²) in [7, 11) is 0. The molecule has 1 heterocycles. The molecule has 0 atom stereocenters. The second-order valence-electron chi connectivity index (χ2n) is 6.22. The van der Waals surface area contributed by atoms with Crippen LogP contribution in [0.3, 0.4) is 0 Å². The first-order valence-electron chi connectivity index (χ1n) is 8.92. The van der Waals surface area contributed by atoms with Gasteiger partial charge in [0.2, 0.25) is 0 Å². The third kappa shape index (κ3) is 7.14. The molecule has 0 spiro atoms. The van der Waals surface area contributed by atoms with E-state index in [0.29, 0.717) is 13.0 Å². The zero-order chi connectivity index (χ0) is 16.3. The number of unbranched alkanes of at least 4 members (excludes halogenated alkanes) is 2. The van der Waals surface area contributed by atoms with E-state index in [0.717, 1.165) is 52.1 Å². The molecule has 0 radical (unpaired) electrons. The smallest absolute Gasteiger partial charge is 0.305 e. The Labute approximate surface area is 140 Å². The molecule has 0 unspecified atom stereocenters. The van der Waals surface area contributed by atoms with Crippen LogP contribution in [0.2, 0.25) is 0 Å². The molecular weight excluding hydrogens is 288 g/mol. The average Bonchev–Trinajstić information content (AvgIpc) is 2.57. The van der Waals surface area contributed by atoms with E-state index < -0.39 is 0 Å². The van der Waals surface area contributed by atoms with Crippen LogP contribution in [-0.2, 0) is 16.1 Å². The Morgan fingerprint density at radius 1 is 1.00 bits per heavy atom. The Morgan fingerprint density at radius 2 is 1.70 bits per heavy atom. The summed E-state index contributed by atoms with van der Waals surface area (Å²) in [6, 6.07) is 10.7. The van der Waals surface area contributed by atoms with Crippen LogP contribution in [0.25, 0.3) is 0 Å². The Morgan fingerprint density at radius 3 is 2.39 bits per heavy atom. The minimum Gasteiger partial charge on any atom is -0.466 e. The van der Waals surface area contributed by atoms with Crippen molar-refractivity contribution >= 4 is 5.97 Å². The van der Waals surface area contributed by atoms with E-state index in [1.807, 2.05) is 6.92 Å². The number of hydrogen-bond donors (Lipinski definition) is 0. The first-order chi connectivity index (χ1) is 11.3. The summed E-state index contributed by atoms with van der Waals surface area (Å²) < 4.78 is 4.94. The monoisotopic (exact) mass is 318 g/mol. The summed E-state index contributed by atoms with van der Waals surface area (Å²) in [5, 5.41) is 0. The molecule has 23 heavy (non-hydrogen) atoms. The molecule has 0 aliphatic carbocycles. The van der Waals surface area contributed by atoms with Gasteiger partial charge >= 0.3 is 5.97 Å². The van der Waals surface area contributed by atoms with E-state index >= 15 is 0 Å². The quantitative estimate of drug-likeness (QED) is 0.518. The molecule has 0 N–H and O–H groups in total. The van der Waals surface area contributed by atoms with Crippen LogP contribution in [-0.4, -0.2) is 55.1 Å². The normalized spacial score (nSPS) is 16.4. The third-order valence-electron chi connectivity index (χ3n) is 4.37. The van der Waals surface area contributed by atoms with Crippen molar-refractivity contribution in [2.75, 3.05) is 39.3 Å². The number of esters is 1. The maximum atomic E-state index is 11.3. The van der Waals surface area contributed by atoms with Crippen LogP contribution < -0.4 is 0 Å². The van der Waals surface area contributed by atoms with Gasteiger partial charge in [0, 0.05) is 39.1 Å². The summed E-state index contributed by atoms with van der Waals surface area (Å²) in [6.07, 6.45) is 3.81. The van der Waals surface area contributed by atoms with Crippen LogP contribution in [0.15, 0.2) is 30.3 Å². The van der Waals surface area contributed by atoms with Gasteiger partial charge in [-0.3, -0.25) is 9.69 Å². The number of ether oxygens (including phenoxy) is 1. The lowest BCUT2D eigenvalue weighted by Crippen LogP contribution is -2.46. The molecule has 1 fully saturated rings. The van der Waals surface area contributed by atoms with E-state index in [1.165, 1.54) is 12.0 Å². The second kappa shape index (κ2) is 10.4. The van der Waals surface area contributed by atoms with Crippen molar-refractivity contribution in [3.8, 4) is 0 Å². The molecule has 0 saturated carbocycles. The number of nitrogens with zero attached hydrogens (tertiary/aromatic N) is 2. The minimum absolute atomic E-state index is 0.0537. The van der Waals surface area contributed by atoms with Crippen molar-refractivity contribution in [3.63, 3.8) is 0 Å². The summed E-state index contributed by atoms with van der Waals surface area (Å²) in [5.74, 6) is -0.0537. The van der Waals surface area contributed by atoms with Gasteiger partial charge < -0.3 is 9.64 Å². The highest BCUT2D eigenvalue weighted by Gasteiger charge is 2.16. The predicted octanol–water partition coefficient (Wildman–Crippen LogP) is 2.93. The first kappa shape index (κ1) is 18.0. The van der Waals surface area contributed by atoms with Gasteiger partial charge in [-0.15, -0.1) is 0 Å². The maximum Gasteiger partial charge on any atom is 0.305 e. The molecule has 4 heteroatoms. The summed E-state index contributed by atoms with van der Waals surface area (Å²) in [5.41, 5.74) is 1.40. The molecule has 1 aliphatic rings. The molecule has 1 aliphatic heterocycles. The minimum atomic E-state index is -0.0537. The fourth-order valence-electron chi connectivity index (χ4n) is 3.03. The van der Waals surface area contributed by atoms with Crippen LogP contribution >= 0.6 is 0 Å². The van der Waals surface area contributed by atoms with Gasteiger partial charge in [-0.2, -0.15) is 0 Å². The molecular formula is C19H30N2O2. The maximum absolute atomic E-state index is 11.3. The van der Waals surface area contributed by atoms with Gasteiger partial charge in [-0.25, -0.2) is 0 Å². The van der Waals surface area contributed by atoms with E-state index in [9.17, 15) is 4.79 Å². The molecule has 0 bridgehead atoms. The second-order valence-corrected chi connectivity index (χ2v) is 6.22. The highest BCUT2D eigenvalue weighted by Crippen LogP contribution is 2.10. The zero-order valence-electron chi connectivity index (χ0n) is 14.4. The molecule has 1 saturated heterocycles. The van der Waals surface area contributed by atoms with Crippen LogP contribution in [0.1, 0.15) is 38.2 Å². The van der Waals surface area contributed by atoms with E-state index in [-0.39, 0.29) is 5.97 Å². The van der Waals surface area contributed by atoms with Crippen molar-refractivity contribution in [1.29, 1.82) is 0 Å². The summed E-state index contributed by atoms with van der Waals surface area (Å²) in [6.45, 7) is 9.18. The van der Waals surface area contributed by atoms with E-state index in [2.05, 4.69) is 40.1 Å². The first-order valence-corrected chi connectivity index (χ1v) is 8.92. The summed E-state index contributed by atoms with van der Waals surface area (Å²) in [4.78, 5) is 16.3. The lowest BCUT2D eigenvalue weighted by molar-refractivity contribution is -0.143. The lowest BCUT2D eigenvalue weighted by atomic mass is 10.1. The highest BCUT2D eigenvalue weighted by molar-refractivity contribution is 5.69. The number of benzene rings is 1. The third-order valence-corrected chi connectivity index (χ3v) is 4.37. The number of piperazine rings is 1. The van der Waals surface area contributed by atoms with Crippen molar-refractivity contribution in [2.24, 2.45) is 0 Å². The van der Waals surface area contributed by atoms with Crippen LogP contribution in [0.4, 0.5) is 0 Å². The fourth-order valence-corrected chi connectivity index (χ4v) is 3.03. The van der Waals surface area contributed by atoms with Gasteiger partial charge in [0.1, 0.15) is 0 Å². The molecule has 1 aromatic carbocycles. The fraction of sp³-hybridized carbons (Fsp3) is 0.632. The van der Waals surface area contributed by atoms with Crippen LogP contribution in [0, 0.1) is 0 Å². The number of carbonyl (C=O) groups excluding carboxylic acids is 1. The average molecular weight is 318 g/mol. The molecule has 2 rings (SSSR count). The van der Waals surface area contributed by atoms with E-state index in [4.69, 9.17) is 4.74 Å². The van der Waals surface area contributed by atoms with Crippen molar-refractivity contribution in [3.05, 3.63) is 35.9 Å². The van der Waals surface area contributed by atoms with Crippen molar-refractivity contribution in [2.45, 2.75) is 39.2 Å². The Bertz CT molecular complexity index is 442. The van der Waals surface area contributed by atoms with Gasteiger partial charge in [-0.1, -0.05) is 36.8 Å². The Balaban J connectivity index is 1.52. The SMILES string of the molecule is CCOC(=O)CCCCCN1CCN(Cc2ccccc2)CC1. The summed E-state index contributed by atoms with van der Waals surface area (Å²) >= 11 is 0. The largest absolute Gasteiger partial charge is 0.466 e. The highest BCUT2D eigenvalue weighted by atomic mass is 16.5. The van der Waals surface area contributed by atoms with Crippen molar-refractivity contribution in [1.82, 2.24) is 9.80 Å². The van der Waals surface area contributed by atoms with Gasteiger partial charge in [0.25, 0.3) is 0 Å². The number of rotatable bonds is 9. The number of carbonyl (C=O) groups is 1. The molecule has 4 nitrogen and oxygen atoms in total. The molecule has 0 amide bonds. The van der Waals surface area contributed by atoms with Crippen molar-refractivity contribution < 1.29 is 9.53 Å².